The first kappa shape index (κ1) is 27.3. The van der Waals surface area contributed by atoms with E-state index in [1.54, 1.807) is 32.9 Å². The van der Waals surface area contributed by atoms with Crippen LogP contribution in [0.1, 0.15) is 20.8 Å². The largest absolute Gasteiger partial charge is 0.497 e. The third kappa shape index (κ3) is 5.19. The molecule has 0 bridgehead atoms. The highest BCUT2D eigenvalue weighted by Crippen LogP contribution is 2.44. The molecule has 0 aliphatic carbocycles. The monoisotopic (exact) mass is 577 g/mol. The van der Waals surface area contributed by atoms with E-state index >= 15 is 4.39 Å². The van der Waals surface area contributed by atoms with Crippen LogP contribution in [0, 0.1) is 5.82 Å². The lowest BCUT2D eigenvalue weighted by molar-refractivity contribution is 0.0122. The molecule has 0 radical (unpaired) electrons. The number of aromatic nitrogens is 1. The Morgan fingerprint density at radius 2 is 1.90 bits per heavy atom. The smallest absolute Gasteiger partial charge is 0.410 e. The van der Waals surface area contributed by atoms with Crippen molar-refractivity contribution in [2.45, 2.75) is 38.8 Å². The summed E-state index contributed by atoms with van der Waals surface area (Å²) in [6.45, 7) is 5.19. The van der Waals surface area contributed by atoms with Crippen LogP contribution in [0.3, 0.4) is 0 Å². The van der Waals surface area contributed by atoms with Crippen LogP contribution < -0.4 is 9.64 Å². The summed E-state index contributed by atoms with van der Waals surface area (Å²) in [5.41, 5.74) is 0.00294. The average Bonchev–Trinajstić information content (AvgIpc) is 3.30. The van der Waals surface area contributed by atoms with E-state index in [4.69, 9.17) is 21.1 Å². The van der Waals surface area contributed by atoms with Crippen molar-refractivity contribution in [1.82, 2.24) is 9.27 Å². The molecule has 0 N–H and O–H groups in total. The van der Waals surface area contributed by atoms with Gasteiger partial charge in [-0.05, 0) is 66.8 Å². The molecule has 1 aliphatic rings. The SMILES string of the molecule is COc1cc(-c2c(Cl)cc3c(N4CCN(C(=O)OC(C)(C)C)C[C@H]4C(F)F)snc3c2F)c2ccccc2c1. The maximum Gasteiger partial charge on any atom is 0.410 e. The Morgan fingerprint density at radius 3 is 2.59 bits per heavy atom. The van der Waals surface area contributed by atoms with Crippen molar-refractivity contribution >= 4 is 55.9 Å². The summed E-state index contributed by atoms with van der Waals surface area (Å²) in [7, 11) is 1.53. The van der Waals surface area contributed by atoms with Gasteiger partial charge in [-0.3, -0.25) is 0 Å². The minimum atomic E-state index is -2.77. The summed E-state index contributed by atoms with van der Waals surface area (Å²) < 4.78 is 59.8. The molecule has 1 amide bonds. The fourth-order valence-corrected chi connectivity index (χ4v) is 6.07. The van der Waals surface area contributed by atoms with Crippen LogP contribution in [-0.4, -0.2) is 60.2 Å². The highest BCUT2D eigenvalue weighted by atomic mass is 35.5. The number of rotatable bonds is 4. The average molecular weight is 578 g/mol. The molecule has 206 valence electrons. The van der Waals surface area contributed by atoms with Crippen LogP contribution in [-0.2, 0) is 4.74 Å². The van der Waals surface area contributed by atoms with Crippen LogP contribution >= 0.6 is 23.1 Å². The molecule has 5 rings (SSSR count). The minimum absolute atomic E-state index is 0.0453. The molecule has 0 saturated carbocycles. The van der Waals surface area contributed by atoms with E-state index < -0.39 is 30.0 Å². The van der Waals surface area contributed by atoms with Crippen LogP contribution in [0.5, 0.6) is 5.75 Å². The summed E-state index contributed by atoms with van der Waals surface area (Å²) in [5.74, 6) is -0.0970. The molecule has 1 saturated heterocycles. The van der Waals surface area contributed by atoms with Gasteiger partial charge in [0.1, 0.15) is 27.9 Å². The fourth-order valence-electron chi connectivity index (χ4n) is 4.83. The van der Waals surface area contributed by atoms with Crippen LogP contribution in [0.4, 0.5) is 23.0 Å². The number of hydrogen-bond donors (Lipinski definition) is 0. The van der Waals surface area contributed by atoms with E-state index in [-0.39, 0.29) is 35.7 Å². The van der Waals surface area contributed by atoms with Gasteiger partial charge in [0.05, 0.1) is 18.7 Å². The summed E-state index contributed by atoms with van der Waals surface area (Å²) in [6, 6.07) is 11.3. The van der Waals surface area contributed by atoms with E-state index in [1.807, 2.05) is 30.3 Å². The zero-order valence-electron chi connectivity index (χ0n) is 21.8. The number of carbonyl (C=O) groups excluding carboxylic acids is 1. The second-order valence-electron chi connectivity index (χ2n) is 10.3. The number of alkyl halides is 2. The molecule has 4 aromatic rings. The van der Waals surface area contributed by atoms with E-state index in [0.29, 0.717) is 21.7 Å². The molecular formula is C28H27ClF3N3O3S. The Kier molecular flexibility index (Phi) is 7.28. The summed E-state index contributed by atoms with van der Waals surface area (Å²) >= 11 is 7.62. The highest BCUT2D eigenvalue weighted by Gasteiger charge is 2.38. The maximum atomic E-state index is 16.1. The van der Waals surface area contributed by atoms with E-state index in [2.05, 4.69) is 4.37 Å². The van der Waals surface area contributed by atoms with Gasteiger partial charge >= 0.3 is 6.09 Å². The van der Waals surface area contributed by atoms with Gasteiger partial charge in [0, 0.05) is 24.0 Å². The number of halogens is 4. The first-order valence-corrected chi connectivity index (χ1v) is 13.5. The second-order valence-corrected chi connectivity index (χ2v) is 11.5. The van der Waals surface area contributed by atoms with Crippen LogP contribution in [0.15, 0.2) is 42.5 Å². The standard InChI is InChI=1S/C28H27ClF3N3O3S/c1-28(2,3)38-27(36)34-9-10-35(21(14-34)25(31)32)26-19-13-20(29)22(23(30)24(19)33-39-26)18-12-16(37-4)11-15-7-5-6-8-17(15)18/h5-8,11-13,21,25H,9-10,14H2,1-4H3/t21-/m0/s1. The third-order valence-electron chi connectivity index (χ3n) is 6.61. The Hall–Kier alpha value is -3.24. The molecule has 0 unspecified atom stereocenters. The van der Waals surface area contributed by atoms with Gasteiger partial charge in [-0.15, -0.1) is 0 Å². The predicted molar refractivity (Wildman–Crippen MR) is 149 cm³/mol. The van der Waals surface area contributed by atoms with Crippen LogP contribution in [0.2, 0.25) is 5.02 Å². The summed E-state index contributed by atoms with van der Waals surface area (Å²) in [4.78, 5) is 15.3. The summed E-state index contributed by atoms with van der Waals surface area (Å²) in [5, 5.41) is 2.48. The number of hydrogen-bond acceptors (Lipinski definition) is 6. The zero-order chi connectivity index (χ0) is 28.1. The van der Waals surface area contributed by atoms with Crippen molar-refractivity contribution in [2.24, 2.45) is 0 Å². The molecule has 2 heterocycles. The number of ether oxygens (including phenoxy) is 2. The van der Waals surface area contributed by atoms with Crippen LogP contribution in [0.25, 0.3) is 32.8 Å². The quantitative estimate of drug-likeness (QED) is 0.250. The fraction of sp³-hybridized carbons (Fsp3) is 0.357. The number of piperazine rings is 1. The maximum absolute atomic E-state index is 16.1. The first-order valence-electron chi connectivity index (χ1n) is 12.4. The van der Waals surface area contributed by atoms with E-state index in [1.165, 1.54) is 16.9 Å². The van der Waals surface area contributed by atoms with Gasteiger partial charge in [-0.1, -0.05) is 35.9 Å². The number of amides is 1. The molecule has 3 aromatic carbocycles. The molecular weight excluding hydrogens is 551 g/mol. The molecule has 11 heteroatoms. The number of benzene rings is 3. The molecule has 6 nitrogen and oxygen atoms in total. The number of carbonyl (C=O) groups is 1. The molecule has 0 spiro atoms. The van der Waals surface area contributed by atoms with Crippen molar-refractivity contribution in [3.63, 3.8) is 0 Å². The summed E-state index contributed by atoms with van der Waals surface area (Å²) in [6.07, 6.45) is -3.42. The second kappa shape index (κ2) is 10.4. The van der Waals surface area contributed by atoms with Gasteiger partial charge in [0.15, 0.2) is 5.82 Å². The molecule has 1 atom stereocenters. The van der Waals surface area contributed by atoms with Gasteiger partial charge in [-0.25, -0.2) is 18.0 Å². The minimum Gasteiger partial charge on any atom is -0.497 e. The first-order chi connectivity index (χ1) is 18.5. The number of methoxy groups -OCH3 is 1. The number of anilines is 1. The van der Waals surface area contributed by atoms with Crippen molar-refractivity contribution in [3.05, 3.63) is 53.3 Å². The third-order valence-corrected chi connectivity index (χ3v) is 7.81. The van der Waals surface area contributed by atoms with Crippen molar-refractivity contribution in [2.75, 3.05) is 31.6 Å². The van der Waals surface area contributed by atoms with E-state index in [9.17, 15) is 13.6 Å². The lowest BCUT2D eigenvalue weighted by Crippen LogP contribution is -2.58. The van der Waals surface area contributed by atoms with Gasteiger partial charge in [-0.2, -0.15) is 4.37 Å². The Balaban J connectivity index is 1.55. The Morgan fingerprint density at radius 1 is 1.15 bits per heavy atom. The normalized spacial score (nSPS) is 16.4. The highest BCUT2D eigenvalue weighted by molar-refractivity contribution is 7.11. The predicted octanol–water partition coefficient (Wildman–Crippen LogP) is 7.61. The molecule has 1 aromatic heterocycles. The zero-order valence-corrected chi connectivity index (χ0v) is 23.4. The Bertz CT molecular complexity index is 1560. The van der Waals surface area contributed by atoms with Gasteiger partial charge < -0.3 is 19.3 Å². The van der Waals surface area contributed by atoms with Gasteiger partial charge in [0.2, 0.25) is 0 Å². The topological polar surface area (TPSA) is 54.9 Å². The molecule has 39 heavy (non-hydrogen) atoms. The lowest BCUT2D eigenvalue weighted by atomic mass is 9.96. The Labute approximate surface area is 233 Å². The molecule has 1 fully saturated rings. The molecule has 1 aliphatic heterocycles. The lowest BCUT2D eigenvalue weighted by Gasteiger charge is -2.41. The van der Waals surface area contributed by atoms with Crippen molar-refractivity contribution in [1.29, 1.82) is 0 Å². The number of fused-ring (bicyclic) bond motifs is 2. The van der Waals surface area contributed by atoms with E-state index in [0.717, 1.165) is 22.3 Å². The van der Waals surface area contributed by atoms with Crippen molar-refractivity contribution < 1.29 is 27.4 Å². The van der Waals surface area contributed by atoms with Crippen molar-refractivity contribution in [3.8, 4) is 16.9 Å². The number of nitrogens with zero attached hydrogens (tertiary/aromatic N) is 3. The van der Waals surface area contributed by atoms with Gasteiger partial charge in [0.25, 0.3) is 6.43 Å².